The topological polar surface area (TPSA) is 87.0 Å². The zero-order valence-corrected chi connectivity index (χ0v) is 18.9. The summed E-state index contributed by atoms with van der Waals surface area (Å²) < 4.78 is 0. The van der Waals surface area contributed by atoms with E-state index in [-0.39, 0.29) is 28.3 Å². The van der Waals surface area contributed by atoms with Crippen LogP contribution in [0.15, 0.2) is 48.5 Å². The Balaban J connectivity index is 1.61. The molecule has 8 heteroatoms. The molecule has 2 aromatic rings. The maximum atomic E-state index is 13.2. The Bertz CT molecular complexity index is 966. The Morgan fingerprint density at radius 3 is 2.25 bits per heavy atom. The third-order valence-electron chi connectivity index (χ3n) is 5.94. The molecule has 0 aromatic heterocycles. The van der Waals surface area contributed by atoms with E-state index in [0.29, 0.717) is 50.3 Å². The molecule has 1 saturated heterocycles. The van der Waals surface area contributed by atoms with Crippen LogP contribution >= 0.6 is 0 Å². The van der Waals surface area contributed by atoms with Crippen molar-refractivity contribution in [2.75, 3.05) is 38.6 Å². The number of hydrogen-bond acceptors (Lipinski definition) is 5. The molecule has 170 valence electrons. The number of benzene rings is 2. The van der Waals surface area contributed by atoms with E-state index in [1.54, 1.807) is 44.4 Å². The molecule has 1 heterocycles. The molecule has 0 N–H and O–H groups in total. The molecule has 32 heavy (non-hydrogen) atoms. The zero-order valence-electron chi connectivity index (χ0n) is 18.9. The number of carbonyl (C=O) groups excluding carboxylic acids is 2. The third-order valence-corrected chi connectivity index (χ3v) is 5.94. The number of hydrogen-bond donors (Lipinski definition) is 0. The summed E-state index contributed by atoms with van der Waals surface area (Å²) in [6.07, 6.45) is 1.33. The van der Waals surface area contributed by atoms with Crippen LogP contribution in [0.3, 0.4) is 0 Å². The minimum absolute atomic E-state index is 0.0506. The van der Waals surface area contributed by atoms with Gasteiger partial charge in [0.2, 0.25) is 5.91 Å². The highest BCUT2D eigenvalue weighted by Gasteiger charge is 2.30. The van der Waals surface area contributed by atoms with Crippen molar-refractivity contribution in [3.05, 3.63) is 69.8 Å². The first-order valence-electron chi connectivity index (χ1n) is 10.9. The van der Waals surface area contributed by atoms with Gasteiger partial charge in [-0.25, -0.2) is 0 Å². The number of nitrogens with zero attached hydrogens (tertiary/aromatic N) is 4. The highest BCUT2D eigenvalue weighted by atomic mass is 16.6. The predicted molar refractivity (Wildman–Crippen MR) is 124 cm³/mol. The van der Waals surface area contributed by atoms with E-state index >= 15 is 0 Å². The van der Waals surface area contributed by atoms with Crippen molar-refractivity contribution in [3.8, 4) is 0 Å². The van der Waals surface area contributed by atoms with Crippen molar-refractivity contribution < 1.29 is 14.5 Å². The molecule has 3 rings (SSSR count). The van der Waals surface area contributed by atoms with Crippen molar-refractivity contribution in [1.29, 1.82) is 0 Å². The van der Waals surface area contributed by atoms with E-state index < -0.39 is 0 Å². The highest BCUT2D eigenvalue weighted by molar-refractivity contribution is 5.93. The number of anilines is 1. The summed E-state index contributed by atoms with van der Waals surface area (Å²) in [5.74, 6) is -0.0305. The molecular formula is C24H30N4O4. The first kappa shape index (κ1) is 23.2. The van der Waals surface area contributed by atoms with E-state index in [2.05, 4.69) is 0 Å². The highest BCUT2D eigenvalue weighted by Crippen LogP contribution is 2.31. The molecule has 0 saturated carbocycles. The number of amides is 2. The van der Waals surface area contributed by atoms with Crippen LogP contribution in [0, 0.1) is 16.0 Å². The lowest BCUT2D eigenvalue weighted by atomic mass is 9.94. The maximum absolute atomic E-state index is 13.2. The zero-order chi connectivity index (χ0) is 23.3. The van der Waals surface area contributed by atoms with Gasteiger partial charge >= 0.3 is 0 Å². The fraction of sp³-hybridized carbons (Fsp3) is 0.417. The fourth-order valence-corrected chi connectivity index (χ4v) is 4.09. The minimum Gasteiger partial charge on any atom is -0.366 e. The van der Waals surface area contributed by atoms with Gasteiger partial charge in [-0.15, -0.1) is 0 Å². The molecule has 0 unspecified atom stereocenters. The summed E-state index contributed by atoms with van der Waals surface area (Å²) in [5, 5.41) is 11.3. The summed E-state index contributed by atoms with van der Waals surface area (Å²) in [6, 6.07) is 14.1. The predicted octanol–water partition coefficient (Wildman–Crippen LogP) is 3.56. The molecule has 1 fully saturated rings. The third kappa shape index (κ3) is 5.25. The molecule has 0 aliphatic carbocycles. The van der Waals surface area contributed by atoms with Crippen LogP contribution in [-0.2, 0) is 11.3 Å². The normalized spacial score (nSPS) is 14.2. The maximum Gasteiger partial charge on any atom is 0.292 e. The first-order chi connectivity index (χ1) is 15.3. The Morgan fingerprint density at radius 2 is 1.69 bits per heavy atom. The molecule has 8 nitrogen and oxygen atoms in total. The van der Waals surface area contributed by atoms with Gasteiger partial charge in [-0.3, -0.25) is 19.7 Å². The number of carbonyl (C=O) groups is 2. The Kier molecular flexibility index (Phi) is 7.45. The molecular weight excluding hydrogens is 408 g/mol. The van der Waals surface area contributed by atoms with Gasteiger partial charge < -0.3 is 14.7 Å². The quantitative estimate of drug-likeness (QED) is 0.487. The van der Waals surface area contributed by atoms with Crippen molar-refractivity contribution >= 4 is 23.2 Å². The first-order valence-corrected chi connectivity index (χ1v) is 10.9. The number of nitro groups is 1. The van der Waals surface area contributed by atoms with Crippen molar-refractivity contribution in [2.24, 2.45) is 5.92 Å². The number of nitro benzene ring substituents is 1. The van der Waals surface area contributed by atoms with Crippen LogP contribution in [-0.4, -0.2) is 60.3 Å². The monoisotopic (exact) mass is 438 g/mol. The average Bonchev–Trinajstić information content (AvgIpc) is 2.82. The summed E-state index contributed by atoms with van der Waals surface area (Å²) in [7, 11) is 3.43. The molecule has 2 aromatic carbocycles. The molecule has 0 bridgehead atoms. The lowest BCUT2D eigenvalue weighted by Gasteiger charge is -2.35. The summed E-state index contributed by atoms with van der Waals surface area (Å²) >= 11 is 0. The van der Waals surface area contributed by atoms with Gasteiger partial charge in [0, 0.05) is 57.8 Å². The van der Waals surface area contributed by atoms with E-state index in [9.17, 15) is 19.7 Å². The van der Waals surface area contributed by atoms with Gasteiger partial charge in [0.1, 0.15) is 5.69 Å². The molecule has 1 aliphatic heterocycles. The van der Waals surface area contributed by atoms with Crippen LogP contribution < -0.4 is 4.90 Å². The van der Waals surface area contributed by atoms with Crippen LogP contribution in [0.5, 0.6) is 0 Å². The Labute approximate surface area is 188 Å². The van der Waals surface area contributed by atoms with Crippen molar-refractivity contribution in [1.82, 2.24) is 9.80 Å². The number of rotatable bonds is 7. The van der Waals surface area contributed by atoms with E-state index in [0.717, 1.165) is 5.56 Å². The standard InChI is InChI=1S/C24H30N4O4/c1-4-26(17-18-9-11-19(12-10-18)23(29)25(2)3)24(30)20-13-15-27(16-14-20)21-7-5-6-8-22(21)28(31)32/h5-12,20H,4,13-17H2,1-3H3. The summed E-state index contributed by atoms with van der Waals surface area (Å²) in [5.41, 5.74) is 2.31. The second kappa shape index (κ2) is 10.3. The fourth-order valence-electron chi connectivity index (χ4n) is 4.09. The smallest absolute Gasteiger partial charge is 0.292 e. The van der Waals surface area contributed by atoms with Gasteiger partial charge in [0.25, 0.3) is 11.6 Å². The van der Waals surface area contributed by atoms with Gasteiger partial charge in [-0.1, -0.05) is 24.3 Å². The van der Waals surface area contributed by atoms with Gasteiger partial charge in [0.15, 0.2) is 0 Å². The minimum atomic E-state index is -0.358. The SMILES string of the molecule is CCN(Cc1ccc(C(=O)N(C)C)cc1)C(=O)C1CCN(c2ccccc2[N+](=O)[O-])CC1. The summed E-state index contributed by atoms with van der Waals surface area (Å²) in [6.45, 7) is 4.28. The number of para-hydroxylation sites is 2. The van der Waals surface area contributed by atoms with Gasteiger partial charge in [-0.05, 0) is 43.5 Å². The molecule has 2 amide bonds. The average molecular weight is 439 g/mol. The van der Waals surface area contributed by atoms with Crippen molar-refractivity contribution in [2.45, 2.75) is 26.3 Å². The molecule has 1 aliphatic rings. The van der Waals surface area contributed by atoms with Crippen molar-refractivity contribution in [3.63, 3.8) is 0 Å². The summed E-state index contributed by atoms with van der Waals surface area (Å²) in [4.78, 5) is 41.6. The van der Waals surface area contributed by atoms with Crippen LogP contribution in [0.25, 0.3) is 0 Å². The van der Waals surface area contributed by atoms with E-state index in [4.69, 9.17) is 0 Å². The lowest BCUT2D eigenvalue weighted by molar-refractivity contribution is -0.384. The van der Waals surface area contributed by atoms with Crippen LogP contribution in [0.1, 0.15) is 35.7 Å². The van der Waals surface area contributed by atoms with Crippen LogP contribution in [0.2, 0.25) is 0 Å². The lowest BCUT2D eigenvalue weighted by Crippen LogP contribution is -2.42. The molecule has 0 radical (unpaired) electrons. The number of piperidine rings is 1. The van der Waals surface area contributed by atoms with Crippen LogP contribution in [0.4, 0.5) is 11.4 Å². The van der Waals surface area contributed by atoms with E-state index in [1.165, 1.54) is 11.0 Å². The molecule has 0 spiro atoms. The second-order valence-corrected chi connectivity index (χ2v) is 8.26. The van der Waals surface area contributed by atoms with Gasteiger partial charge in [0.05, 0.1) is 4.92 Å². The second-order valence-electron chi connectivity index (χ2n) is 8.26. The largest absolute Gasteiger partial charge is 0.366 e. The van der Waals surface area contributed by atoms with E-state index in [1.807, 2.05) is 28.9 Å². The molecule has 0 atom stereocenters. The van der Waals surface area contributed by atoms with Gasteiger partial charge in [-0.2, -0.15) is 0 Å². The Morgan fingerprint density at radius 1 is 1.06 bits per heavy atom. The Hall–Kier alpha value is -3.42.